The maximum atomic E-state index is 12.3. The van der Waals surface area contributed by atoms with E-state index in [2.05, 4.69) is 20.8 Å². The minimum Gasteiger partial charge on any atom is -0.393 e. The number of carbonyl (C=O) groups is 1. The molecule has 8 heteroatoms. The molecule has 2 aromatic rings. The van der Waals surface area contributed by atoms with Gasteiger partial charge in [-0.15, -0.1) is 5.10 Å². The van der Waals surface area contributed by atoms with Gasteiger partial charge in [0.15, 0.2) is 0 Å². The van der Waals surface area contributed by atoms with Crippen LogP contribution in [-0.4, -0.2) is 43.9 Å². The van der Waals surface area contributed by atoms with Gasteiger partial charge in [0, 0.05) is 6.54 Å². The van der Waals surface area contributed by atoms with E-state index < -0.39 is 0 Å². The Hall–Kier alpha value is -1.99. The number of amides is 1. The van der Waals surface area contributed by atoms with Crippen molar-refractivity contribution >= 4 is 17.5 Å². The van der Waals surface area contributed by atoms with Crippen molar-refractivity contribution in [3.05, 3.63) is 35.1 Å². The molecule has 1 fully saturated rings. The van der Waals surface area contributed by atoms with E-state index in [1.54, 1.807) is 18.2 Å². The van der Waals surface area contributed by atoms with E-state index >= 15 is 0 Å². The monoisotopic (exact) mass is 335 g/mol. The van der Waals surface area contributed by atoms with Crippen molar-refractivity contribution in [3.63, 3.8) is 0 Å². The Morgan fingerprint density at radius 2 is 2.30 bits per heavy atom. The molecule has 2 atom stereocenters. The molecule has 23 heavy (non-hydrogen) atoms. The molecule has 122 valence electrons. The van der Waals surface area contributed by atoms with Gasteiger partial charge in [0.25, 0.3) is 5.91 Å². The summed E-state index contributed by atoms with van der Waals surface area (Å²) in [6.07, 6.45) is 4.85. The zero-order valence-electron chi connectivity index (χ0n) is 12.5. The number of nitrogens with zero attached hydrogens (tertiary/aromatic N) is 4. The number of tetrazole rings is 1. The summed E-state index contributed by atoms with van der Waals surface area (Å²) in [4.78, 5) is 12.3. The number of benzene rings is 1. The quantitative estimate of drug-likeness (QED) is 0.885. The van der Waals surface area contributed by atoms with Crippen LogP contribution in [0.5, 0.6) is 0 Å². The fourth-order valence-electron chi connectivity index (χ4n) is 2.89. The van der Waals surface area contributed by atoms with Gasteiger partial charge in [-0.3, -0.25) is 4.79 Å². The Morgan fingerprint density at radius 1 is 1.43 bits per heavy atom. The first-order valence-corrected chi connectivity index (χ1v) is 8.00. The molecule has 7 nitrogen and oxygen atoms in total. The highest BCUT2D eigenvalue weighted by molar-refractivity contribution is 6.34. The van der Waals surface area contributed by atoms with E-state index in [4.69, 9.17) is 11.6 Å². The summed E-state index contributed by atoms with van der Waals surface area (Å²) in [6, 6.07) is 5.04. The maximum absolute atomic E-state index is 12.3. The van der Waals surface area contributed by atoms with Crippen LogP contribution in [-0.2, 0) is 0 Å². The van der Waals surface area contributed by atoms with Gasteiger partial charge in [0.2, 0.25) is 0 Å². The third-order valence-electron chi connectivity index (χ3n) is 4.12. The van der Waals surface area contributed by atoms with Crippen LogP contribution >= 0.6 is 11.6 Å². The van der Waals surface area contributed by atoms with Crippen molar-refractivity contribution in [1.29, 1.82) is 0 Å². The molecule has 3 rings (SSSR count). The molecule has 1 aliphatic rings. The van der Waals surface area contributed by atoms with Crippen molar-refractivity contribution in [3.8, 4) is 5.69 Å². The number of carbonyl (C=O) groups excluding carboxylic acids is 1. The molecule has 1 aromatic heterocycles. The smallest absolute Gasteiger partial charge is 0.252 e. The highest BCUT2D eigenvalue weighted by Gasteiger charge is 2.21. The molecule has 1 aromatic carbocycles. The van der Waals surface area contributed by atoms with Crippen molar-refractivity contribution in [2.75, 3.05) is 6.54 Å². The van der Waals surface area contributed by atoms with E-state index in [1.165, 1.54) is 11.0 Å². The van der Waals surface area contributed by atoms with Crippen LogP contribution in [0.25, 0.3) is 5.69 Å². The van der Waals surface area contributed by atoms with E-state index in [1.807, 2.05) is 0 Å². The van der Waals surface area contributed by atoms with E-state index in [0.717, 1.165) is 25.7 Å². The molecule has 0 radical (unpaired) electrons. The van der Waals surface area contributed by atoms with Gasteiger partial charge in [-0.25, -0.2) is 4.68 Å². The van der Waals surface area contributed by atoms with Gasteiger partial charge in [-0.05, 0) is 53.8 Å². The number of aromatic nitrogens is 4. The lowest BCUT2D eigenvalue weighted by Gasteiger charge is -2.25. The zero-order chi connectivity index (χ0) is 16.2. The Labute approximate surface area is 138 Å². The molecular weight excluding hydrogens is 318 g/mol. The summed E-state index contributed by atoms with van der Waals surface area (Å²) >= 11 is 6.20. The Bertz CT molecular complexity index is 677. The molecule has 1 heterocycles. The van der Waals surface area contributed by atoms with Gasteiger partial charge in [-0.1, -0.05) is 18.0 Å². The number of aliphatic hydroxyl groups excluding tert-OH is 1. The first-order valence-electron chi connectivity index (χ1n) is 7.62. The highest BCUT2D eigenvalue weighted by Crippen LogP contribution is 2.24. The Kier molecular flexibility index (Phi) is 4.88. The van der Waals surface area contributed by atoms with Crippen molar-refractivity contribution in [2.24, 2.45) is 5.92 Å². The third kappa shape index (κ3) is 3.86. The fraction of sp³-hybridized carbons (Fsp3) is 0.467. The number of aliphatic hydroxyl groups is 1. The van der Waals surface area contributed by atoms with Crippen LogP contribution in [0.1, 0.15) is 36.0 Å². The summed E-state index contributed by atoms with van der Waals surface area (Å²) in [5.74, 6) is 0.111. The zero-order valence-corrected chi connectivity index (χ0v) is 13.3. The molecule has 0 spiro atoms. The standard InChI is InChI=1S/C15H18ClN5O2/c16-14-7-11(21-9-18-19-20-21)4-5-13(14)15(23)17-8-10-2-1-3-12(22)6-10/h4-5,7,9-10,12,22H,1-3,6,8H2,(H,17,23). The fourth-order valence-corrected chi connectivity index (χ4v) is 3.15. The molecule has 2 N–H and O–H groups in total. The van der Waals surface area contributed by atoms with E-state index in [9.17, 15) is 9.90 Å². The first-order chi connectivity index (χ1) is 11.1. The summed E-state index contributed by atoms with van der Waals surface area (Å²) < 4.78 is 1.47. The SMILES string of the molecule is O=C(NCC1CCCC(O)C1)c1ccc(-n2cnnn2)cc1Cl. The lowest BCUT2D eigenvalue weighted by molar-refractivity contribution is 0.0874. The van der Waals surface area contributed by atoms with Gasteiger partial charge >= 0.3 is 0 Å². The van der Waals surface area contributed by atoms with E-state index in [0.29, 0.717) is 28.7 Å². The molecule has 1 aliphatic carbocycles. The van der Waals surface area contributed by atoms with Gasteiger partial charge < -0.3 is 10.4 Å². The topological polar surface area (TPSA) is 92.9 Å². The van der Waals surface area contributed by atoms with Crippen LogP contribution in [0.15, 0.2) is 24.5 Å². The lowest BCUT2D eigenvalue weighted by Crippen LogP contribution is -2.33. The number of nitrogens with one attached hydrogen (secondary N) is 1. The number of hydrogen-bond donors (Lipinski definition) is 2. The second-order valence-corrected chi connectivity index (χ2v) is 6.22. The normalized spacial score (nSPS) is 21.1. The minimum absolute atomic E-state index is 0.210. The molecule has 0 aliphatic heterocycles. The average molecular weight is 336 g/mol. The third-order valence-corrected chi connectivity index (χ3v) is 4.43. The summed E-state index contributed by atoms with van der Waals surface area (Å²) in [5.41, 5.74) is 1.10. The molecule has 0 bridgehead atoms. The Balaban J connectivity index is 1.63. The van der Waals surface area contributed by atoms with Crippen LogP contribution in [0, 0.1) is 5.92 Å². The second-order valence-electron chi connectivity index (χ2n) is 5.82. The summed E-state index contributed by atoms with van der Waals surface area (Å²) in [7, 11) is 0. The first kappa shape index (κ1) is 15.9. The summed E-state index contributed by atoms with van der Waals surface area (Å²) in [6.45, 7) is 0.557. The number of halogens is 1. The van der Waals surface area contributed by atoms with Crippen LogP contribution in [0.3, 0.4) is 0 Å². The van der Waals surface area contributed by atoms with Crippen LogP contribution in [0.2, 0.25) is 5.02 Å². The molecule has 1 amide bonds. The number of hydrogen-bond acceptors (Lipinski definition) is 5. The predicted molar refractivity (Wildman–Crippen MR) is 84.5 cm³/mol. The van der Waals surface area contributed by atoms with Gasteiger partial charge in [0.1, 0.15) is 6.33 Å². The second kappa shape index (κ2) is 7.06. The van der Waals surface area contributed by atoms with Crippen LogP contribution in [0.4, 0.5) is 0 Å². The van der Waals surface area contributed by atoms with Crippen molar-refractivity contribution < 1.29 is 9.90 Å². The maximum Gasteiger partial charge on any atom is 0.252 e. The molecule has 2 unspecified atom stereocenters. The van der Waals surface area contributed by atoms with Gasteiger partial charge in [0.05, 0.1) is 22.4 Å². The highest BCUT2D eigenvalue weighted by atomic mass is 35.5. The predicted octanol–water partition coefficient (Wildman–Crippen LogP) is 1.60. The molecular formula is C15H18ClN5O2. The molecule has 1 saturated carbocycles. The molecule has 0 saturated heterocycles. The van der Waals surface area contributed by atoms with Crippen molar-refractivity contribution in [2.45, 2.75) is 31.8 Å². The van der Waals surface area contributed by atoms with Crippen molar-refractivity contribution in [1.82, 2.24) is 25.5 Å². The largest absolute Gasteiger partial charge is 0.393 e. The van der Waals surface area contributed by atoms with E-state index in [-0.39, 0.29) is 12.0 Å². The lowest BCUT2D eigenvalue weighted by atomic mass is 9.87. The average Bonchev–Trinajstić information content (AvgIpc) is 3.07. The van der Waals surface area contributed by atoms with Gasteiger partial charge in [-0.2, -0.15) is 0 Å². The minimum atomic E-state index is -0.246. The number of rotatable bonds is 4. The summed E-state index contributed by atoms with van der Waals surface area (Å²) in [5, 5.41) is 23.8. The Morgan fingerprint density at radius 3 is 3.00 bits per heavy atom. The van der Waals surface area contributed by atoms with Crippen LogP contribution < -0.4 is 5.32 Å².